The SMILES string of the molecule is CC(C)OC(=O)c1c(-c2ccccc2)csc1NC(=O)[C@H]1[C@H]2CC[C@@H](C2)[C@@H]1C(=O)O. The standard InChI is InChI=1S/C23H25NO5S/c1-12(2)29-23(28)19-16(13-6-4-3-5-7-13)11-30-21(19)24-20(25)17-14-8-9-15(10-14)18(17)22(26)27/h3-7,11-12,14-15,17-18H,8-10H2,1-2H3,(H,24,25)(H,26,27)/t14-,15-,17-,18-/m0/s1. The van der Waals surface area contributed by atoms with Crippen LogP contribution in [0.2, 0.25) is 0 Å². The Morgan fingerprint density at radius 3 is 2.40 bits per heavy atom. The summed E-state index contributed by atoms with van der Waals surface area (Å²) in [5.41, 5.74) is 1.88. The maximum atomic E-state index is 13.1. The molecule has 1 amide bonds. The van der Waals surface area contributed by atoms with Crippen molar-refractivity contribution in [2.45, 2.75) is 39.2 Å². The maximum Gasteiger partial charge on any atom is 0.342 e. The molecule has 2 N–H and O–H groups in total. The Morgan fingerprint density at radius 2 is 1.77 bits per heavy atom. The monoisotopic (exact) mass is 427 g/mol. The van der Waals surface area contributed by atoms with E-state index in [4.69, 9.17) is 4.74 Å². The van der Waals surface area contributed by atoms with E-state index in [0.29, 0.717) is 16.1 Å². The molecule has 6 nitrogen and oxygen atoms in total. The number of carbonyl (C=O) groups is 3. The average molecular weight is 428 g/mol. The Morgan fingerprint density at radius 1 is 1.10 bits per heavy atom. The number of rotatable bonds is 6. The Hall–Kier alpha value is -2.67. The molecule has 158 valence electrons. The highest BCUT2D eigenvalue weighted by atomic mass is 32.1. The number of amides is 1. The number of hydrogen-bond acceptors (Lipinski definition) is 5. The van der Waals surface area contributed by atoms with Crippen molar-refractivity contribution in [3.05, 3.63) is 41.3 Å². The van der Waals surface area contributed by atoms with Crippen molar-refractivity contribution in [1.82, 2.24) is 0 Å². The number of hydrogen-bond donors (Lipinski definition) is 2. The summed E-state index contributed by atoms with van der Waals surface area (Å²) in [5.74, 6) is -2.76. The lowest BCUT2D eigenvalue weighted by Gasteiger charge is -2.27. The van der Waals surface area contributed by atoms with Crippen molar-refractivity contribution in [1.29, 1.82) is 0 Å². The van der Waals surface area contributed by atoms with E-state index >= 15 is 0 Å². The van der Waals surface area contributed by atoms with E-state index in [1.165, 1.54) is 11.3 Å². The lowest BCUT2D eigenvalue weighted by molar-refractivity contribution is -0.148. The molecule has 0 unspecified atom stereocenters. The molecule has 1 heterocycles. The maximum absolute atomic E-state index is 13.1. The molecule has 0 aliphatic heterocycles. The highest BCUT2D eigenvalue weighted by molar-refractivity contribution is 7.15. The van der Waals surface area contributed by atoms with E-state index in [2.05, 4.69) is 5.32 Å². The smallest absolute Gasteiger partial charge is 0.342 e. The van der Waals surface area contributed by atoms with Crippen LogP contribution in [0.5, 0.6) is 0 Å². The van der Waals surface area contributed by atoms with E-state index in [0.717, 1.165) is 24.8 Å². The van der Waals surface area contributed by atoms with E-state index in [1.54, 1.807) is 13.8 Å². The zero-order valence-electron chi connectivity index (χ0n) is 17.0. The van der Waals surface area contributed by atoms with Gasteiger partial charge in [-0.25, -0.2) is 4.79 Å². The molecule has 2 fully saturated rings. The first-order valence-electron chi connectivity index (χ1n) is 10.3. The van der Waals surface area contributed by atoms with Gasteiger partial charge in [0.1, 0.15) is 10.6 Å². The lowest BCUT2D eigenvalue weighted by atomic mass is 9.79. The number of anilines is 1. The number of thiophene rings is 1. The van der Waals surface area contributed by atoms with Crippen LogP contribution in [0.25, 0.3) is 11.1 Å². The van der Waals surface area contributed by atoms with Crippen LogP contribution in [0.3, 0.4) is 0 Å². The first-order valence-corrected chi connectivity index (χ1v) is 11.2. The first-order chi connectivity index (χ1) is 14.4. The quantitative estimate of drug-likeness (QED) is 0.654. The Bertz CT molecular complexity index is 967. The molecular weight excluding hydrogens is 402 g/mol. The van der Waals surface area contributed by atoms with E-state index in [-0.39, 0.29) is 23.8 Å². The van der Waals surface area contributed by atoms with Crippen LogP contribution in [0, 0.1) is 23.7 Å². The number of nitrogens with one attached hydrogen (secondary N) is 1. The van der Waals surface area contributed by atoms with E-state index < -0.39 is 23.8 Å². The highest BCUT2D eigenvalue weighted by Gasteiger charge is 2.54. The summed E-state index contributed by atoms with van der Waals surface area (Å²) in [5, 5.41) is 14.8. The number of esters is 1. The van der Waals surface area contributed by atoms with Crippen molar-refractivity contribution in [3.8, 4) is 11.1 Å². The van der Waals surface area contributed by atoms with Crippen LogP contribution < -0.4 is 5.32 Å². The normalized spacial score (nSPS) is 24.8. The van der Waals surface area contributed by atoms with Crippen molar-refractivity contribution in [2.75, 3.05) is 5.32 Å². The molecule has 2 aliphatic rings. The van der Waals surface area contributed by atoms with Gasteiger partial charge in [0.2, 0.25) is 5.91 Å². The van der Waals surface area contributed by atoms with Gasteiger partial charge in [-0.15, -0.1) is 11.3 Å². The minimum absolute atomic E-state index is 0.0665. The number of carboxylic acid groups (broad SMARTS) is 1. The van der Waals surface area contributed by atoms with Gasteiger partial charge < -0.3 is 15.2 Å². The van der Waals surface area contributed by atoms with Crippen molar-refractivity contribution < 1.29 is 24.2 Å². The fourth-order valence-corrected chi connectivity index (χ4v) is 5.94. The van der Waals surface area contributed by atoms with Crippen LogP contribution in [0.1, 0.15) is 43.5 Å². The summed E-state index contributed by atoms with van der Waals surface area (Å²) in [6.45, 7) is 3.55. The van der Waals surface area contributed by atoms with Crippen molar-refractivity contribution in [3.63, 3.8) is 0 Å². The summed E-state index contributed by atoms with van der Waals surface area (Å²) >= 11 is 1.26. The van der Waals surface area contributed by atoms with Gasteiger partial charge in [0.25, 0.3) is 0 Å². The van der Waals surface area contributed by atoms with Crippen LogP contribution >= 0.6 is 11.3 Å². The Kier molecular flexibility index (Phi) is 5.64. The number of benzene rings is 1. The van der Waals surface area contributed by atoms with E-state index in [1.807, 2.05) is 35.7 Å². The summed E-state index contributed by atoms with van der Waals surface area (Å²) in [4.78, 5) is 37.8. The second-order valence-electron chi connectivity index (χ2n) is 8.39. The minimum atomic E-state index is -0.905. The fraction of sp³-hybridized carbons (Fsp3) is 0.435. The lowest BCUT2D eigenvalue weighted by Crippen LogP contribution is -2.38. The third-order valence-corrected chi connectivity index (χ3v) is 7.06. The summed E-state index contributed by atoms with van der Waals surface area (Å²) < 4.78 is 5.44. The third kappa shape index (κ3) is 3.74. The van der Waals surface area contributed by atoms with Crippen LogP contribution in [-0.4, -0.2) is 29.1 Å². The van der Waals surface area contributed by atoms with Gasteiger partial charge in [-0.05, 0) is 50.5 Å². The molecule has 0 saturated heterocycles. The summed E-state index contributed by atoms with van der Waals surface area (Å²) in [6, 6.07) is 9.46. The molecule has 0 radical (unpaired) electrons. The fourth-order valence-electron chi connectivity index (χ4n) is 4.97. The molecule has 0 spiro atoms. The number of aliphatic carboxylic acids is 1. The second-order valence-corrected chi connectivity index (χ2v) is 9.27. The Labute approximate surface area is 179 Å². The number of carbonyl (C=O) groups excluding carboxylic acids is 2. The topological polar surface area (TPSA) is 92.7 Å². The van der Waals surface area contributed by atoms with Gasteiger partial charge in [0.15, 0.2) is 0 Å². The number of carboxylic acids is 1. The molecular formula is C23H25NO5S. The van der Waals surface area contributed by atoms with Crippen LogP contribution in [-0.2, 0) is 14.3 Å². The molecule has 7 heteroatoms. The third-order valence-electron chi connectivity index (χ3n) is 6.16. The number of fused-ring (bicyclic) bond motifs is 2. The molecule has 2 aliphatic carbocycles. The molecule has 4 rings (SSSR count). The van der Waals surface area contributed by atoms with Gasteiger partial charge in [-0.1, -0.05) is 30.3 Å². The van der Waals surface area contributed by atoms with Crippen LogP contribution in [0.4, 0.5) is 5.00 Å². The number of ether oxygens (including phenoxy) is 1. The molecule has 1 aromatic heterocycles. The first kappa shape index (κ1) is 20.6. The molecule has 1 aromatic carbocycles. The van der Waals surface area contributed by atoms with Crippen LogP contribution in [0.15, 0.2) is 35.7 Å². The van der Waals surface area contributed by atoms with Gasteiger partial charge >= 0.3 is 11.9 Å². The molecule has 4 atom stereocenters. The highest BCUT2D eigenvalue weighted by Crippen LogP contribution is 2.53. The molecule has 30 heavy (non-hydrogen) atoms. The van der Waals surface area contributed by atoms with Gasteiger partial charge in [0.05, 0.1) is 17.9 Å². The zero-order valence-corrected chi connectivity index (χ0v) is 17.8. The van der Waals surface area contributed by atoms with E-state index in [9.17, 15) is 19.5 Å². The second kappa shape index (κ2) is 8.22. The minimum Gasteiger partial charge on any atom is -0.481 e. The molecule has 2 aromatic rings. The summed E-state index contributed by atoms with van der Waals surface area (Å²) in [7, 11) is 0. The summed E-state index contributed by atoms with van der Waals surface area (Å²) in [6.07, 6.45) is 2.24. The Balaban J connectivity index is 1.65. The zero-order chi connectivity index (χ0) is 21.4. The van der Waals surface area contributed by atoms with Gasteiger partial charge in [0, 0.05) is 10.9 Å². The largest absolute Gasteiger partial charge is 0.481 e. The van der Waals surface area contributed by atoms with Gasteiger partial charge in [-0.2, -0.15) is 0 Å². The van der Waals surface area contributed by atoms with Crippen molar-refractivity contribution >= 4 is 34.2 Å². The predicted octanol–water partition coefficient (Wildman–Crippen LogP) is 4.67. The van der Waals surface area contributed by atoms with Gasteiger partial charge in [-0.3, -0.25) is 9.59 Å². The average Bonchev–Trinajstić information content (AvgIpc) is 3.42. The molecule has 2 saturated carbocycles. The van der Waals surface area contributed by atoms with Crippen molar-refractivity contribution in [2.24, 2.45) is 23.7 Å². The molecule has 2 bridgehead atoms. The predicted molar refractivity (Wildman–Crippen MR) is 114 cm³/mol.